The van der Waals surface area contributed by atoms with E-state index in [0.717, 1.165) is 26.2 Å². The van der Waals surface area contributed by atoms with Crippen LogP contribution in [-0.2, 0) is 4.74 Å². The van der Waals surface area contributed by atoms with E-state index >= 15 is 0 Å². The normalized spacial score (nSPS) is 9.50. The molecule has 0 bridgehead atoms. The minimum atomic E-state index is 0.675. The van der Waals surface area contributed by atoms with Gasteiger partial charge in [0.1, 0.15) is 0 Å². The lowest BCUT2D eigenvalue weighted by Gasteiger charge is -2.06. The molecule has 3 nitrogen and oxygen atoms in total. The largest absolute Gasteiger partial charge is 0.380 e. The van der Waals surface area contributed by atoms with Crippen LogP contribution in [0.2, 0.25) is 0 Å². The lowest BCUT2D eigenvalue weighted by molar-refractivity contribution is 0.136. The highest BCUT2D eigenvalue weighted by Crippen LogP contribution is 1.86. The first-order valence-electron chi connectivity index (χ1n) is 4.34. The van der Waals surface area contributed by atoms with Crippen molar-refractivity contribution >= 4 is 17.3 Å². The number of thiocarbonyl (C=S) groups is 1. The van der Waals surface area contributed by atoms with E-state index in [2.05, 4.69) is 17.6 Å². The molecule has 0 radical (unpaired) electrons. The second kappa shape index (κ2) is 8.74. The molecule has 0 aromatic rings. The third-order valence-electron chi connectivity index (χ3n) is 1.40. The Morgan fingerprint density at radius 2 is 2.17 bits per heavy atom. The highest BCUT2D eigenvalue weighted by molar-refractivity contribution is 7.80. The molecular weight excluding hydrogens is 172 g/mol. The van der Waals surface area contributed by atoms with Crippen LogP contribution in [0.5, 0.6) is 0 Å². The smallest absolute Gasteiger partial charge is 0.166 e. The summed E-state index contributed by atoms with van der Waals surface area (Å²) >= 11 is 4.88. The van der Waals surface area contributed by atoms with Crippen LogP contribution >= 0.6 is 12.2 Å². The van der Waals surface area contributed by atoms with Crippen LogP contribution in [0.15, 0.2) is 0 Å². The van der Waals surface area contributed by atoms with E-state index in [1.54, 1.807) is 7.05 Å². The molecule has 72 valence electrons. The Hall–Kier alpha value is -0.350. The van der Waals surface area contributed by atoms with E-state index in [9.17, 15) is 0 Å². The molecule has 0 amide bonds. The SMILES string of the molecule is CCCCOCCNC(=S)NC. The zero-order valence-corrected chi connectivity index (χ0v) is 8.67. The van der Waals surface area contributed by atoms with Gasteiger partial charge in [-0.05, 0) is 18.6 Å². The van der Waals surface area contributed by atoms with Crippen LogP contribution in [0.4, 0.5) is 0 Å². The van der Waals surface area contributed by atoms with Crippen molar-refractivity contribution in [3.63, 3.8) is 0 Å². The molecular formula is C8H18N2OS. The van der Waals surface area contributed by atoms with Gasteiger partial charge in [0.2, 0.25) is 0 Å². The average Bonchev–Trinajstić information content (AvgIpc) is 2.10. The molecule has 0 aliphatic carbocycles. The van der Waals surface area contributed by atoms with Crippen LogP contribution in [0.1, 0.15) is 19.8 Å². The minimum Gasteiger partial charge on any atom is -0.380 e. The zero-order chi connectivity index (χ0) is 9.23. The van der Waals surface area contributed by atoms with Gasteiger partial charge in [-0.1, -0.05) is 13.3 Å². The number of hydrogen-bond donors (Lipinski definition) is 2. The summed E-state index contributed by atoms with van der Waals surface area (Å²) in [7, 11) is 1.80. The summed E-state index contributed by atoms with van der Waals surface area (Å²) in [6.07, 6.45) is 2.32. The first-order chi connectivity index (χ1) is 5.81. The Morgan fingerprint density at radius 1 is 1.42 bits per heavy atom. The fourth-order valence-electron chi connectivity index (χ4n) is 0.674. The molecule has 0 saturated heterocycles. The minimum absolute atomic E-state index is 0.675. The van der Waals surface area contributed by atoms with Gasteiger partial charge in [0.05, 0.1) is 6.61 Å². The van der Waals surface area contributed by atoms with Gasteiger partial charge in [0.15, 0.2) is 5.11 Å². The lowest BCUT2D eigenvalue weighted by Crippen LogP contribution is -2.34. The second-order valence-corrected chi connectivity index (χ2v) is 2.88. The van der Waals surface area contributed by atoms with Crippen molar-refractivity contribution in [2.75, 3.05) is 26.8 Å². The van der Waals surface area contributed by atoms with Gasteiger partial charge in [0, 0.05) is 20.2 Å². The lowest BCUT2D eigenvalue weighted by atomic mass is 10.4. The third-order valence-corrected chi connectivity index (χ3v) is 1.75. The number of rotatable bonds is 6. The highest BCUT2D eigenvalue weighted by atomic mass is 32.1. The number of unbranched alkanes of at least 4 members (excludes halogenated alkanes) is 1. The van der Waals surface area contributed by atoms with Crippen LogP contribution in [0.3, 0.4) is 0 Å². The molecule has 4 heteroatoms. The average molecular weight is 190 g/mol. The first kappa shape index (κ1) is 11.6. The van der Waals surface area contributed by atoms with E-state index in [-0.39, 0.29) is 0 Å². The Labute approximate surface area is 79.9 Å². The molecule has 0 aliphatic rings. The van der Waals surface area contributed by atoms with E-state index in [1.807, 2.05) is 0 Å². The fraction of sp³-hybridized carbons (Fsp3) is 0.875. The molecule has 0 atom stereocenters. The molecule has 0 aliphatic heterocycles. The number of ether oxygens (including phenoxy) is 1. The van der Waals surface area contributed by atoms with Gasteiger partial charge in [-0.3, -0.25) is 0 Å². The van der Waals surface area contributed by atoms with Gasteiger partial charge in [0.25, 0.3) is 0 Å². The maximum atomic E-state index is 5.32. The van der Waals surface area contributed by atoms with E-state index < -0.39 is 0 Å². The molecule has 0 fully saturated rings. The van der Waals surface area contributed by atoms with Crippen LogP contribution in [0, 0.1) is 0 Å². The third kappa shape index (κ3) is 7.75. The van der Waals surface area contributed by atoms with E-state index in [1.165, 1.54) is 6.42 Å². The van der Waals surface area contributed by atoms with Crippen molar-refractivity contribution in [3.05, 3.63) is 0 Å². The predicted molar refractivity (Wildman–Crippen MR) is 55.4 cm³/mol. The van der Waals surface area contributed by atoms with Gasteiger partial charge in [-0.2, -0.15) is 0 Å². The summed E-state index contributed by atoms with van der Waals surface area (Å²) in [6.45, 7) is 4.51. The van der Waals surface area contributed by atoms with Gasteiger partial charge >= 0.3 is 0 Å². The summed E-state index contributed by atoms with van der Waals surface area (Å²) in [5.41, 5.74) is 0. The molecule has 0 aromatic heterocycles. The van der Waals surface area contributed by atoms with E-state index in [0.29, 0.717) is 5.11 Å². The maximum Gasteiger partial charge on any atom is 0.166 e. The van der Waals surface area contributed by atoms with Crippen molar-refractivity contribution in [2.45, 2.75) is 19.8 Å². The predicted octanol–water partition coefficient (Wildman–Crippen LogP) is 0.897. The molecule has 0 heterocycles. The van der Waals surface area contributed by atoms with Crippen molar-refractivity contribution < 1.29 is 4.74 Å². The Balaban J connectivity index is 2.95. The van der Waals surface area contributed by atoms with Gasteiger partial charge < -0.3 is 15.4 Å². The molecule has 0 rings (SSSR count). The summed E-state index contributed by atoms with van der Waals surface area (Å²) < 4.78 is 5.32. The summed E-state index contributed by atoms with van der Waals surface area (Å²) in [5, 5.41) is 6.51. The quantitative estimate of drug-likeness (QED) is 0.481. The number of nitrogens with one attached hydrogen (secondary N) is 2. The fourth-order valence-corrected chi connectivity index (χ4v) is 0.776. The van der Waals surface area contributed by atoms with Crippen LogP contribution < -0.4 is 10.6 Å². The zero-order valence-electron chi connectivity index (χ0n) is 7.85. The molecule has 12 heavy (non-hydrogen) atoms. The first-order valence-corrected chi connectivity index (χ1v) is 4.75. The summed E-state index contributed by atoms with van der Waals surface area (Å²) in [6, 6.07) is 0. The summed E-state index contributed by atoms with van der Waals surface area (Å²) in [5.74, 6) is 0. The molecule has 0 spiro atoms. The Morgan fingerprint density at radius 3 is 2.75 bits per heavy atom. The van der Waals surface area contributed by atoms with Crippen molar-refractivity contribution in [3.8, 4) is 0 Å². The second-order valence-electron chi connectivity index (χ2n) is 2.47. The van der Waals surface area contributed by atoms with Gasteiger partial charge in [-0.15, -0.1) is 0 Å². The molecule has 0 aromatic carbocycles. The maximum absolute atomic E-state index is 5.32. The molecule has 0 saturated carbocycles. The van der Waals surface area contributed by atoms with Gasteiger partial charge in [-0.25, -0.2) is 0 Å². The van der Waals surface area contributed by atoms with E-state index in [4.69, 9.17) is 17.0 Å². The summed E-state index contributed by atoms with van der Waals surface area (Å²) in [4.78, 5) is 0. The monoisotopic (exact) mass is 190 g/mol. The number of hydrogen-bond acceptors (Lipinski definition) is 2. The molecule has 0 unspecified atom stereocenters. The Bertz CT molecular complexity index is 120. The van der Waals surface area contributed by atoms with Crippen molar-refractivity contribution in [1.29, 1.82) is 0 Å². The highest BCUT2D eigenvalue weighted by Gasteiger charge is 1.90. The van der Waals surface area contributed by atoms with Crippen LogP contribution in [-0.4, -0.2) is 31.9 Å². The Kier molecular flexibility index (Phi) is 8.49. The van der Waals surface area contributed by atoms with Crippen molar-refractivity contribution in [1.82, 2.24) is 10.6 Å². The van der Waals surface area contributed by atoms with Crippen LogP contribution in [0.25, 0.3) is 0 Å². The topological polar surface area (TPSA) is 33.3 Å². The molecule has 2 N–H and O–H groups in total. The standard InChI is InChI=1S/C8H18N2OS/c1-3-4-6-11-7-5-10-8(12)9-2/h3-7H2,1-2H3,(H2,9,10,12). The van der Waals surface area contributed by atoms with Crippen molar-refractivity contribution in [2.24, 2.45) is 0 Å².